The van der Waals surface area contributed by atoms with E-state index in [-0.39, 0.29) is 11.0 Å². The monoisotopic (exact) mass is 341 g/mol. The first-order valence-electron chi connectivity index (χ1n) is 8.93. The van der Waals surface area contributed by atoms with Crippen molar-refractivity contribution in [3.63, 3.8) is 0 Å². The molecular weight excluding hydrogens is 318 g/mol. The molecule has 0 amide bonds. The van der Waals surface area contributed by atoms with Crippen LogP contribution in [0.1, 0.15) is 66.3 Å². The minimum atomic E-state index is -0.147. The van der Waals surface area contributed by atoms with Gasteiger partial charge in [0.25, 0.3) is 0 Å². The molecular formula is C19H23N3OS. The van der Waals surface area contributed by atoms with Crippen LogP contribution in [0.25, 0.3) is 0 Å². The van der Waals surface area contributed by atoms with Crippen molar-refractivity contribution in [3.05, 3.63) is 40.7 Å². The number of ketones is 1. The first-order valence-corrected chi connectivity index (χ1v) is 9.81. The molecule has 4 nitrogen and oxygen atoms in total. The maximum Gasteiger partial charge on any atom is 0.191 e. The number of fused-ring (bicyclic) bond motifs is 1. The number of aryl methyl sites for hydroxylation is 2. The summed E-state index contributed by atoms with van der Waals surface area (Å²) in [6.07, 6.45) is 5.89. The minimum Gasteiger partial charge on any atom is -0.306 e. The number of benzene rings is 1. The minimum absolute atomic E-state index is 0.147. The maximum atomic E-state index is 12.8. The van der Waals surface area contributed by atoms with Gasteiger partial charge in [-0.25, -0.2) is 0 Å². The molecule has 2 aromatic rings. The molecule has 24 heavy (non-hydrogen) atoms. The van der Waals surface area contributed by atoms with Crippen LogP contribution in [0.2, 0.25) is 0 Å². The highest BCUT2D eigenvalue weighted by atomic mass is 32.2. The van der Waals surface area contributed by atoms with Crippen LogP contribution in [0.15, 0.2) is 23.4 Å². The molecule has 0 bridgehead atoms. The lowest BCUT2D eigenvalue weighted by Crippen LogP contribution is -2.15. The third-order valence-corrected chi connectivity index (χ3v) is 6.12. The van der Waals surface area contributed by atoms with Crippen molar-refractivity contribution in [2.24, 2.45) is 0 Å². The third kappa shape index (κ3) is 2.90. The van der Waals surface area contributed by atoms with Crippen LogP contribution < -0.4 is 0 Å². The highest BCUT2D eigenvalue weighted by Crippen LogP contribution is 2.40. The molecule has 0 aliphatic heterocycles. The first-order chi connectivity index (χ1) is 11.7. The Labute approximate surface area is 147 Å². The summed E-state index contributed by atoms with van der Waals surface area (Å²) in [5.74, 6) is 1.86. The van der Waals surface area contributed by atoms with E-state index in [0.717, 1.165) is 35.9 Å². The zero-order valence-corrected chi connectivity index (χ0v) is 15.1. The van der Waals surface area contributed by atoms with E-state index in [1.165, 1.54) is 42.2 Å². The molecule has 4 rings (SSSR count). The Morgan fingerprint density at radius 1 is 1.29 bits per heavy atom. The van der Waals surface area contributed by atoms with Gasteiger partial charge in [0.15, 0.2) is 10.9 Å². The Morgan fingerprint density at radius 2 is 2.08 bits per heavy atom. The van der Waals surface area contributed by atoms with Gasteiger partial charge in [0, 0.05) is 18.0 Å². The van der Waals surface area contributed by atoms with Crippen molar-refractivity contribution in [2.75, 3.05) is 0 Å². The summed E-state index contributed by atoms with van der Waals surface area (Å²) in [6.45, 7) is 4.96. The van der Waals surface area contributed by atoms with Crippen LogP contribution in [-0.4, -0.2) is 25.8 Å². The van der Waals surface area contributed by atoms with Crippen LogP contribution in [0.3, 0.4) is 0 Å². The van der Waals surface area contributed by atoms with E-state index in [1.54, 1.807) is 0 Å². The van der Waals surface area contributed by atoms with Crippen LogP contribution >= 0.6 is 11.8 Å². The van der Waals surface area contributed by atoms with Crippen molar-refractivity contribution in [1.82, 2.24) is 14.8 Å². The molecule has 0 N–H and O–H groups in total. The van der Waals surface area contributed by atoms with E-state index in [2.05, 4.69) is 33.8 Å². The lowest BCUT2D eigenvalue weighted by atomic mass is 10.0. The number of rotatable bonds is 6. The fraction of sp³-hybridized carbons (Fsp3) is 0.526. The quantitative estimate of drug-likeness (QED) is 0.588. The van der Waals surface area contributed by atoms with Gasteiger partial charge in [0.05, 0.1) is 5.25 Å². The number of carbonyl (C=O) groups is 1. The van der Waals surface area contributed by atoms with Crippen LogP contribution in [0.5, 0.6) is 0 Å². The summed E-state index contributed by atoms with van der Waals surface area (Å²) in [5.41, 5.74) is 3.60. The summed E-state index contributed by atoms with van der Waals surface area (Å²) in [5, 5.41) is 9.44. The second-order valence-electron chi connectivity index (χ2n) is 6.82. The number of hydrogen-bond acceptors (Lipinski definition) is 4. The number of thioether (sulfide) groups is 1. The molecule has 1 atom stereocenters. The molecule has 1 fully saturated rings. The average Bonchev–Trinajstić information content (AvgIpc) is 3.19. The molecule has 126 valence electrons. The van der Waals surface area contributed by atoms with Crippen LogP contribution in [0, 0.1) is 0 Å². The normalized spacial score (nSPS) is 17.8. The number of Topliss-reactive ketones (excluding diaryl/α,β-unsaturated/α-hetero) is 1. The fourth-order valence-electron chi connectivity index (χ4n) is 3.50. The van der Waals surface area contributed by atoms with Gasteiger partial charge in [0.2, 0.25) is 0 Å². The molecule has 1 saturated carbocycles. The van der Waals surface area contributed by atoms with Crippen LogP contribution in [0.4, 0.5) is 0 Å². The first kappa shape index (κ1) is 15.9. The zero-order valence-electron chi connectivity index (χ0n) is 14.3. The summed E-state index contributed by atoms with van der Waals surface area (Å²) >= 11 is 1.54. The van der Waals surface area contributed by atoms with Crippen LogP contribution in [-0.2, 0) is 19.4 Å². The van der Waals surface area contributed by atoms with E-state index in [4.69, 9.17) is 0 Å². The highest BCUT2D eigenvalue weighted by Gasteiger charge is 2.31. The summed E-state index contributed by atoms with van der Waals surface area (Å²) in [6, 6.07) is 6.22. The van der Waals surface area contributed by atoms with Gasteiger partial charge >= 0.3 is 0 Å². The van der Waals surface area contributed by atoms with Crippen molar-refractivity contribution in [2.45, 2.75) is 68.8 Å². The molecule has 0 spiro atoms. The lowest BCUT2D eigenvalue weighted by molar-refractivity contribution is 0.0993. The summed E-state index contributed by atoms with van der Waals surface area (Å²) in [7, 11) is 0. The molecule has 1 unspecified atom stereocenters. The number of hydrogen-bond donors (Lipinski definition) is 0. The topological polar surface area (TPSA) is 47.8 Å². The van der Waals surface area contributed by atoms with E-state index in [1.807, 2.05) is 13.0 Å². The maximum absolute atomic E-state index is 12.8. The van der Waals surface area contributed by atoms with E-state index in [0.29, 0.717) is 5.92 Å². The van der Waals surface area contributed by atoms with Gasteiger partial charge in [-0.3, -0.25) is 4.79 Å². The Morgan fingerprint density at radius 3 is 2.83 bits per heavy atom. The molecule has 1 aromatic heterocycles. The fourth-order valence-corrected chi connectivity index (χ4v) is 4.50. The predicted octanol–water partition coefficient (Wildman–Crippen LogP) is 4.03. The zero-order chi connectivity index (χ0) is 16.7. The van der Waals surface area contributed by atoms with Gasteiger partial charge in [-0.15, -0.1) is 10.2 Å². The van der Waals surface area contributed by atoms with Gasteiger partial charge in [-0.2, -0.15) is 0 Å². The molecule has 1 aromatic carbocycles. The highest BCUT2D eigenvalue weighted by molar-refractivity contribution is 8.00. The predicted molar refractivity (Wildman–Crippen MR) is 95.8 cm³/mol. The molecule has 5 heteroatoms. The molecule has 0 saturated heterocycles. The van der Waals surface area contributed by atoms with Crippen molar-refractivity contribution >= 4 is 17.5 Å². The van der Waals surface area contributed by atoms with Crippen molar-refractivity contribution in [3.8, 4) is 0 Å². The summed E-state index contributed by atoms with van der Waals surface area (Å²) < 4.78 is 2.18. The standard InChI is InChI=1S/C19H23N3OS/c1-3-22-18(14-8-9-14)20-21-19(22)24-12(2)17(23)16-10-7-13-5-4-6-15(13)11-16/h7,10-12,14H,3-6,8-9H2,1-2H3. The van der Waals surface area contributed by atoms with Crippen molar-refractivity contribution < 1.29 is 4.79 Å². The lowest BCUT2D eigenvalue weighted by Gasteiger charge is -2.12. The summed E-state index contributed by atoms with van der Waals surface area (Å²) in [4.78, 5) is 12.8. The molecule has 1 heterocycles. The second kappa shape index (κ2) is 6.36. The smallest absolute Gasteiger partial charge is 0.191 e. The Hall–Kier alpha value is -1.62. The van der Waals surface area contributed by atoms with Gasteiger partial charge in [0.1, 0.15) is 5.82 Å². The number of carbonyl (C=O) groups excluding carboxylic acids is 1. The number of aromatic nitrogens is 3. The largest absolute Gasteiger partial charge is 0.306 e. The Bertz CT molecular complexity index is 779. The Balaban J connectivity index is 1.51. The van der Waals surface area contributed by atoms with Gasteiger partial charge < -0.3 is 4.57 Å². The molecule has 2 aliphatic carbocycles. The van der Waals surface area contributed by atoms with Gasteiger partial charge in [-0.1, -0.05) is 23.9 Å². The van der Waals surface area contributed by atoms with Gasteiger partial charge in [-0.05, 0) is 63.1 Å². The van der Waals surface area contributed by atoms with Crippen molar-refractivity contribution in [1.29, 1.82) is 0 Å². The van der Waals surface area contributed by atoms with E-state index < -0.39 is 0 Å². The molecule has 2 aliphatic rings. The Kier molecular flexibility index (Phi) is 4.21. The molecule has 0 radical (unpaired) electrons. The number of nitrogens with zero attached hydrogens (tertiary/aromatic N) is 3. The third-order valence-electron chi connectivity index (χ3n) is 5.04. The average molecular weight is 341 g/mol. The SMILES string of the molecule is CCn1c(SC(C)C(=O)c2ccc3c(c2)CCC3)nnc1C1CC1. The van der Waals surface area contributed by atoms with E-state index in [9.17, 15) is 4.79 Å². The van der Waals surface area contributed by atoms with E-state index >= 15 is 0 Å². The second-order valence-corrected chi connectivity index (χ2v) is 8.13.